The molecule has 7 heteroatoms. The number of benzene rings is 3. The third-order valence-corrected chi connectivity index (χ3v) is 6.97. The molecule has 3 aromatic rings. The number of nitrogens with one attached hydrogen (secondary N) is 1. The summed E-state index contributed by atoms with van der Waals surface area (Å²) >= 11 is 1.62. The summed E-state index contributed by atoms with van der Waals surface area (Å²) in [5, 5.41) is 2.60. The Balaban J connectivity index is 1.69. The van der Waals surface area contributed by atoms with E-state index in [0.29, 0.717) is 5.75 Å². The zero-order valence-electron chi connectivity index (χ0n) is 20.7. The first-order valence-electron chi connectivity index (χ1n) is 12.0. The average Bonchev–Trinajstić information content (AvgIpc) is 2.93. The van der Waals surface area contributed by atoms with Crippen molar-refractivity contribution in [3.8, 4) is 5.75 Å². The molecule has 0 fully saturated rings. The van der Waals surface area contributed by atoms with E-state index >= 15 is 0 Å². The number of ether oxygens (including phenoxy) is 3. The number of esters is 1. The Morgan fingerprint density at radius 1 is 0.806 bits per heavy atom. The van der Waals surface area contributed by atoms with Crippen molar-refractivity contribution < 1.29 is 23.8 Å². The topological polar surface area (TPSA) is 73.9 Å². The highest BCUT2D eigenvalue weighted by Gasteiger charge is 2.32. The van der Waals surface area contributed by atoms with Crippen LogP contribution in [-0.2, 0) is 33.2 Å². The summed E-state index contributed by atoms with van der Waals surface area (Å²) in [6, 6.07) is 25.9. The molecule has 0 spiro atoms. The summed E-state index contributed by atoms with van der Waals surface area (Å²) in [5.74, 6) is 0.993. The summed E-state index contributed by atoms with van der Waals surface area (Å²) in [5.41, 5.74) is 2.86. The van der Waals surface area contributed by atoms with Crippen molar-refractivity contribution in [2.45, 2.75) is 50.0 Å². The predicted molar refractivity (Wildman–Crippen MR) is 143 cm³/mol. The maximum atomic E-state index is 13.2. The van der Waals surface area contributed by atoms with Gasteiger partial charge in [-0.25, -0.2) is 9.59 Å². The molecule has 0 unspecified atom stereocenters. The van der Waals surface area contributed by atoms with Crippen LogP contribution in [0.3, 0.4) is 0 Å². The quantitative estimate of drug-likeness (QED) is 0.280. The Morgan fingerprint density at radius 2 is 1.39 bits per heavy atom. The van der Waals surface area contributed by atoms with Gasteiger partial charge in [-0.3, -0.25) is 0 Å². The van der Waals surface area contributed by atoms with Crippen LogP contribution >= 0.6 is 11.8 Å². The lowest BCUT2D eigenvalue weighted by molar-refractivity contribution is -0.147. The SMILES string of the molecule is CCC[C@H](SCc1ccc(OC)cc1)[C@@H](NC(=O)OCc1ccccc1)C(=O)OCc1ccccc1. The number of alkyl carbamates (subject to hydrolysis) is 1. The monoisotopic (exact) mass is 507 g/mol. The number of carbonyl (C=O) groups excluding carboxylic acids is 2. The molecular formula is C29H33NO5S. The Hall–Kier alpha value is -3.45. The minimum absolute atomic E-state index is 0.121. The molecule has 0 saturated heterocycles. The second-order valence-corrected chi connectivity index (χ2v) is 9.49. The molecule has 0 aromatic heterocycles. The third kappa shape index (κ3) is 8.96. The van der Waals surface area contributed by atoms with Crippen LogP contribution in [-0.4, -0.2) is 30.5 Å². The Morgan fingerprint density at radius 3 is 1.94 bits per heavy atom. The first kappa shape index (κ1) is 27.1. The molecular weight excluding hydrogens is 474 g/mol. The number of thioether (sulfide) groups is 1. The number of amides is 1. The maximum absolute atomic E-state index is 13.2. The molecule has 0 aliphatic heterocycles. The van der Waals surface area contributed by atoms with Gasteiger partial charge in [0.05, 0.1) is 7.11 Å². The Kier molecular flexibility index (Phi) is 11.2. The highest BCUT2D eigenvalue weighted by molar-refractivity contribution is 7.99. The van der Waals surface area contributed by atoms with Crippen LogP contribution < -0.4 is 10.1 Å². The molecule has 6 nitrogen and oxygen atoms in total. The van der Waals surface area contributed by atoms with Crippen LogP contribution in [0.5, 0.6) is 5.75 Å². The second kappa shape index (κ2) is 14.8. The molecule has 2 atom stereocenters. The lowest BCUT2D eigenvalue weighted by Crippen LogP contribution is -2.48. The predicted octanol–water partition coefficient (Wildman–Crippen LogP) is 6.14. The molecule has 0 heterocycles. The van der Waals surface area contributed by atoms with Gasteiger partial charge < -0.3 is 19.5 Å². The first-order valence-corrected chi connectivity index (χ1v) is 13.1. The van der Waals surface area contributed by atoms with E-state index in [9.17, 15) is 9.59 Å². The lowest BCUT2D eigenvalue weighted by atomic mass is 10.1. The molecule has 3 aromatic carbocycles. The Bertz CT molecular complexity index is 1060. The molecule has 190 valence electrons. The molecule has 0 bridgehead atoms. The van der Waals surface area contributed by atoms with E-state index in [1.165, 1.54) is 0 Å². The summed E-state index contributed by atoms with van der Waals surface area (Å²) < 4.78 is 16.3. The summed E-state index contributed by atoms with van der Waals surface area (Å²) in [6.45, 7) is 2.32. The highest BCUT2D eigenvalue weighted by atomic mass is 32.2. The van der Waals surface area contributed by atoms with Gasteiger partial charge >= 0.3 is 12.1 Å². The van der Waals surface area contributed by atoms with Crippen LogP contribution in [0.15, 0.2) is 84.9 Å². The van der Waals surface area contributed by atoms with Crippen molar-refractivity contribution in [3.63, 3.8) is 0 Å². The largest absolute Gasteiger partial charge is 0.497 e. The smallest absolute Gasteiger partial charge is 0.408 e. The van der Waals surface area contributed by atoms with Gasteiger partial charge in [0, 0.05) is 11.0 Å². The number of carbonyl (C=O) groups is 2. The molecule has 1 amide bonds. The van der Waals surface area contributed by atoms with Crippen LogP contribution in [0.2, 0.25) is 0 Å². The zero-order chi connectivity index (χ0) is 25.6. The molecule has 0 aliphatic carbocycles. The van der Waals surface area contributed by atoms with Crippen LogP contribution in [0.1, 0.15) is 36.5 Å². The van der Waals surface area contributed by atoms with E-state index < -0.39 is 18.1 Å². The van der Waals surface area contributed by atoms with Gasteiger partial charge in [-0.05, 0) is 35.2 Å². The number of hydrogen-bond donors (Lipinski definition) is 1. The molecule has 0 radical (unpaired) electrons. The van der Waals surface area contributed by atoms with Crippen LogP contribution in [0, 0.1) is 0 Å². The van der Waals surface area contributed by atoms with E-state index in [-0.39, 0.29) is 18.5 Å². The normalized spacial score (nSPS) is 12.3. The number of methoxy groups -OCH3 is 1. The van der Waals surface area contributed by atoms with Gasteiger partial charge in [-0.15, -0.1) is 0 Å². The third-order valence-electron chi connectivity index (χ3n) is 5.53. The van der Waals surface area contributed by atoms with Gasteiger partial charge in [-0.2, -0.15) is 11.8 Å². The van der Waals surface area contributed by atoms with Crippen molar-refractivity contribution in [2.24, 2.45) is 0 Å². The minimum Gasteiger partial charge on any atom is -0.497 e. The van der Waals surface area contributed by atoms with Gasteiger partial charge in [0.2, 0.25) is 0 Å². The fourth-order valence-electron chi connectivity index (χ4n) is 3.57. The van der Waals surface area contributed by atoms with Crippen LogP contribution in [0.25, 0.3) is 0 Å². The fraction of sp³-hybridized carbons (Fsp3) is 0.310. The maximum Gasteiger partial charge on any atom is 0.408 e. The molecule has 0 saturated carbocycles. The molecule has 36 heavy (non-hydrogen) atoms. The van der Waals surface area contributed by atoms with E-state index in [1.54, 1.807) is 18.9 Å². The van der Waals surface area contributed by atoms with Crippen LogP contribution in [0.4, 0.5) is 4.79 Å². The van der Waals surface area contributed by atoms with Crippen molar-refractivity contribution in [2.75, 3.05) is 7.11 Å². The van der Waals surface area contributed by atoms with E-state index in [2.05, 4.69) is 12.2 Å². The first-order chi connectivity index (χ1) is 17.6. The van der Waals surface area contributed by atoms with Crippen molar-refractivity contribution in [3.05, 3.63) is 102 Å². The van der Waals surface area contributed by atoms with Crippen molar-refractivity contribution in [1.29, 1.82) is 0 Å². The number of hydrogen-bond acceptors (Lipinski definition) is 6. The van der Waals surface area contributed by atoms with Crippen molar-refractivity contribution >= 4 is 23.8 Å². The second-order valence-electron chi connectivity index (χ2n) is 8.26. The van der Waals surface area contributed by atoms with Gasteiger partial charge in [-0.1, -0.05) is 86.1 Å². The standard InChI is InChI=1S/C29H33NO5S/c1-3-10-26(36-21-24-15-17-25(33-2)18-16-24)27(28(31)34-19-22-11-6-4-7-12-22)30-29(32)35-20-23-13-8-5-9-14-23/h4-9,11-18,26-27H,3,10,19-21H2,1-2H3,(H,30,32)/t26-,27+/m0/s1. The van der Waals surface area contributed by atoms with E-state index in [0.717, 1.165) is 35.3 Å². The van der Waals surface area contributed by atoms with Gasteiger partial charge in [0.15, 0.2) is 0 Å². The lowest BCUT2D eigenvalue weighted by Gasteiger charge is -2.26. The fourth-order valence-corrected chi connectivity index (χ4v) is 4.94. The summed E-state index contributed by atoms with van der Waals surface area (Å²) in [6.07, 6.45) is 0.931. The van der Waals surface area contributed by atoms with Gasteiger partial charge in [0.1, 0.15) is 25.0 Å². The summed E-state index contributed by atoms with van der Waals surface area (Å²) in [4.78, 5) is 25.9. The van der Waals surface area contributed by atoms with E-state index in [4.69, 9.17) is 14.2 Å². The average molecular weight is 508 g/mol. The molecule has 0 aliphatic rings. The van der Waals surface area contributed by atoms with Crippen molar-refractivity contribution in [1.82, 2.24) is 5.32 Å². The Labute approximate surface area is 217 Å². The zero-order valence-corrected chi connectivity index (χ0v) is 21.5. The van der Waals surface area contributed by atoms with Gasteiger partial charge in [0.25, 0.3) is 0 Å². The van der Waals surface area contributed by atoms with E-state index in [1.807, 2.05) is 84.9 Å². The highest BCUT2D eigenvalue weighted by Crippen LogP contribution is 2.26. The molecule has 3 rings (SSSR count). The summed E-state index contributed by atoms with van der Waals surface area (Å²) in [7, 11) is 1.63. The minimum atomic E-state index is -0.847. The number of rotatable bonds is 13. The molecule has 1 N–H and O–H groups in total.